The normalized spacial score (nSPS) is 11.2. The summed E-state index contributed by atoms with van der Waals surface area (Å²) in [5, 5.41) is 19.6. The second-order valence-electron chi connectivity index (χ2n) is 5.18. The number of methoxy groups -OCH3 is 2. The summed E-state index contributed by atoms with van der Waals surface area (Å²) in [6, 6.07) is 6.59. The van der Waals surface area contributed by atoms with Gasteiger partial charge < -0.3 is 19.7 Å². The van der Waals surface area contributed by atoms with Gasteiger partial charge in [0, 0.05) is 0 Å². The predicted octanol–water partition coefficient (Wildman–Crippen LogP) is 4.94. The summed E-state index contributed by atoms with van der Waals surface area (Å²) in [6.07, 6.45) is 6.04. The largest absolute Gasteiger partial charge is 0.503 e. The van der Waals surface area contributed by atoms with E-state index in [2.05, 4.69) is 31.9 Å². The Morgan fingerprint density at radius 2 is 1.23 bits per heavy atom. The van der Waals surface area contributed by atoms with Gasteiger partial charge in [-0.3, -0.25) is 4.79 Å². The molecule has 2 N–H and O–H groups in total. The highest BCUT2D eigenvalue weighted by Gasteiger charge is 2.08. The molecule has 0 aliphatic heterocycles. The number of allylic oxidation sites excluding steroid dienone is 2. The quantitative estimate of drug-likeness (QED) is 0.569. The van der Waals surface area contributed by atoms with Crippen LogP contribution in [0.25, 0.3) is 12.2 Å². The first-order valence-electron chi connectivity index (χ1n) is 7.38. The molecule has 0 amide bonds. The van der Waals surface area contributed by atoms with Crippen molar-refractivity contribution in [3.8, 4) is 23.0 Å². The Hall–Kier alpha value is -2.25. The van der Waals surface area contributed by atoms with Crippen LogP contribution in [0.2, 0.25) is 0 Å². The van der Waals surface area contributed by atoms with Crippen LogP contribution < -0.4 is 9.47 Å². The number of rotatable bonds is 6. The average Bonchev–Trinajstić information content (AvgIpc) is 2.63. The van der Waals surface area contributed by atoms with Crippen LogP contribution in [0.15, 0.2) is 45.4 Å². The maximum absolute atomic E-state index is 12.0. The molecule has 0 bridgehead atoms. The number of hydrogen-bond acceptors (Lipinski definition) is 5. The molecular weight excluding hydrogens is 468 g/mol. The van der Waals surface area contributed by atoms with Crippen molar-refractivity contribution in [3.05, 3.63) is 56.5 Å². The molecule has 26 heavy (non-hydrogen) atoms. The van der Waals surface area contributed by atoms with E-state index in [4.69, 9.17) is 9.47 Å². The van der Waals surface area contributed by atoms with Crippen molar-refractivity contribution in [1.82, 2.24) is 0 Å². The van der Waals surface area contributed by atoms with Crippen LogP contribution >= 0.6 is 31.9 Å². The monoisotopic (exact) mass is 482 g/mol. The lowest BCUT2D eigenvalue weighted by molar-refractivity contribution is -0.110. The van der Waals surface area contributed by atoms with Crippen molar-refractivity contribution in [3.63, 3.8) is 0 Å². The zero-order valence-corrected chi connectivity index (χ0v) is 17.2. The highest BCUT2D eigenvalue weighted by Crippen LogP contribution is 2.36. The Bertz CT molecular complexity index is 816. The lowest BCUT2D eigenvalue weighted by Crippen LogP contribution is -1.89. The molecule has 2 aromatic carbocycles. The van der Waals surface area contributed by atoms with Gasteiger partial charge in [0.1, 0.15) is 0 Å². The van der Waals surface area contributed by atoms with E-state index >= 15 is 0 Å². The molecule has 0 atom stereocenters. The molecule has 0 aromatic heterocycles. The van der Waals surface area contributed by atoms with E-state index in [1.165, 1.54) is 26.4 Å². The summed E-state index contributed by atoms with van der Waals surface area (Å²) < 4.78 is 11.1. The fourth-order valence-corrected chi connectivity index (χ4v) is 3.02. The number of hydrogen-bond donors (Lipinski definition) is 2. The van der Waals surface area contributed by atoms with Gasteiger partial charge in [0.2, 0.25) is 0 Å². The van der Waals surface area contributed by atoms with Gasteiger partial charge in [-0.25, -0.2) is 0 Å². The zero-order chi connectivity index (χ0) is 19.3. The third kappa shape index (κ3) is 4.89. The van der Waals surface area contributed by atoms with E-state index in [1.54, 1.807) is 36.4 Å². The molecule has 0 fully saturated rings. The summed E-state index contributed by atoms with van der Waals surface area (Å²) in [5.41, 5.74) is 1.39. The number of aromatic hydroxyl groups is 2. The Labute approximate surface area is 167 Å². The molecule has 7 heteroatoms. The maximum atomic E-state index is 12.0. The fraction of sp³-hybridized carbons (Fsp3) is 0.105. The van der Waals surface area contributed by atoms with Crippen molar-refractivity contribution in [2.75, 3.05) is 14.2 Å². The molecule has 0 heterocycles. The van der Waals surface area contributed by atoms with Crippen molar-refractivity contribution < 1.29 is 24.5 Å². The van der Waals surface area contributed by atoms with Gasteiger partial charge in [-0.15, -0.1) is 0 Å². The first kappa shape index (κ1) is 20.1. The van der Waals surface area contributed by atoms with Gasteiger partial charge in [-0.2, -0.15) is 0 Å². The topological polar surface area (TPSA) is 76.0 Å². The molecule has 0 unspecified atom stereocenters. The number of ether oxygens (including phenoxy) is 2. The van der Waals surface area contributed by atoms with Crippen molar-refractivity contribution in [2.24, 2.45) is 0 Å². The van der Waals surface area contributed by atoms with Gasteiger partial charge in [0.15, 0.2) is 28.8 Å². The smallest absolute Gasteiger partial charge is 0.178 e. The molecule has 0 radical (unpaired) electrons. The zero-order valence-electron chi connectivity index (χ0n) is 14.0. The molecule has 0 spiro atoms. The molecule has 2 rings (SSSR count). The first-order chi connectivity index (χ1) is 12.3. The second-order valence-corrected chi connectivity index (χ2v) is 6.88. The second kappa shape index (κ2) is 8.91. The van der Waals surface area contributed by atoms with Crippen molar-refractivity contribution in [1.29, 1.82) is 0 Å². The molecule has 0 aliphatic carbocycles. The van der Waals surface area contributed by atoms with E-state index in [9.17, 15) is 15.0 Å². The van der Waals surface area contributed by atoms with Gasteiger partial charge >= 0.3 is 0 Å². The molecular formula is C19H16Br2O5. The molecule has 0 saturated heterocycles. The van der Waals surface area contributed by atoms with Crippen LogP contribution in [-0.4, -0.2) is 30.2 Å². The number of carbonyl (C=O) groups excluding carboxylic acids is 1. The number of phenols is 2. The van der Waals surface area contributed by atoms with Crippen LogP contribution in [0.3, 0.4) is 0 Å². The Morgan fingerprint density at radius 3 is 1.58 bits per heavy atom. The van der Waals surface area contributed by atoms with Crippen LogP contribution in [0.5, 0.6) is 23.0 Å². The van der Waals surface area contributed by atoms with Gasteiger partial charge in [-0.05, 0) is 79.4 Å². The molecule has 0 saturated carbocycles. The number of carbonyl (C=O) groups is 1. The summed E-state index contributed by atoms with van der Waals surface area (Å²) >= 11 is 6.47. The SMILES string of the molecule is COc1cc(/C=C/C(=O)/C=C/c2cc(Br)c(O)c(OC)c2)cc(Br)c1O. The number of halogens is 2. The summed E-state index contributed by atoms with van der Waals surface area (Å²) in [7, 11) is 2.90. The van der Waals surface area contributed by atoms with Gasteiger partial charge in [0.25, 0.3) is 0 Å². The Morgan fingerprint density at radius 1 is 0.846 bits per heavy atom. The third-order valence-corrected chi connectivity index (χ3v) is 4.63. The standard InChI is InChI=1S/C19H16Br2O5/c1-25-16-9-11(7-14(20)18(16)23)3-5-13(22)6-4-12-8-15(21)19(24)17(10-12)26-2/h3-10,23-24H,1-2H3/b5-3+,6-4+. The minimum Gasteiger partial charge on any atom is -0.503 e. The van der Waals surface area contributed by atoms with Crippen molar-refractivity contribution >= 4 is 49.8 Å². The van der Waals surface area contributed by atoms with Gasteiger partial charge in [0.05, 0.1) is 23.2 Å². The van der Waals surface area contributed by atoms with E-state index in [0.717, 1.165) is 0 Å². The maximum Gasteiger partial charge on any atom is 0.178 e. The summed E-state index contributed by atoms with van der Waals surface area (Å²) in [4.78, 5) is 12.0. The van der Waals surface area contributed by atoms with Crippen LogP contribution in [-0.2, 0) is 4.79 Å². The third-order valence-electron chi connectivity index (χ3n) is 3.42. The lowest BCUT2D eigenvalue weighted by Gasteiger charge is -2.06. The molecule has 0 aliphatic rings. The lowest BCUT2D eigenvalue weighted by atomic mass is 10.1. The van der Waals surface area contributed by atoms with E-state index in [-0.39, 0.29) is 17.3 Å². The van der Waals surface area contributed by atoms with Crippen LogP contribution in [0, 0.1) is 0 Å². The minimum absolute atomic E-state index is 0.00252. The average molecular weight is 484 g/mol. The fourth-order valence-electron chi connectivity index (χ4n) is 2.10. The first-order valence-corrected chi connectivity index (χ1v) is 8.97. The van der Waals surface area contributed by atoms with Gasteiger partial charge in [-0.1, -0.05) is 12.2 Å². The van der Waals surface area contributed by atoms with E-state index < -0.39 is 0 Å². The molecule has 2 aromatic rings. The highest BCUT2D eigenvalue weighted by molar-refractivity contribution is 9.10. The number of benzene rings is 2. The summed E-state index contributed by atoms with van der Waals surface area (Å²) in [6.45, 7) is 0. The predicted molar refractivity (Wildman–Crippen MR) is 108 cm³/mol. The van der Waals surface area contributed by atoms with E-state index in [1.807, 2.05) is 0 Å². The van der Waals surface area contributed by atoms with Crippen LogP contribution in [0.1, 0.15) is 11.1 Å². The Balaban J connectivity index is 2.16. The minimum atomic E-state index is -0.226. The number of ketones is 1. The van der Waals surface area contributed by atoms with E-state index in [0.29, 0.717) is 31.6 Å². The van der Waals surface area contributed by atoms with Crippen molar-refractivity contribution in [2.45, 2.75) is 0 Å². The highest BCUT2D eigenvalue weighted by atomic mass is 79.9. The molecule has 136 valence electrons. The van der Waals surface area contributed by atoms with Crippen LogP contribution in [0.4, 0.5) is 0 Å². The molecule has 5 nitrogen and oxygen atoms in total. The number of phenolic OH excluding ortho intramolecular Hbond substituents is 2. The summed E-state index contributed by atoms with van der Waals surface area (Å²) in [5.74, 6) is 0.396. The Kier molecular flexibility index (Phi) is 6.88.